The molecule has 1 fully saturated rings. The van der Waals surface area contributed by atoms with E-state index in [1.165, 1.54) is 51.4 Å². The van der Waals surface area contributed by atoms with E-state index in [1.807, 2.05) is 0 Å². The summed E-state index contributed by atoms with van der Waals surface area (Å²) in [6, 6.07) is 1.57. The first kappa shape index (κ1) is 15.0. The first-order valence-electron chi connectivity index (χ1n) is 7.95. The molecule has 2 atom stereocenters. The molecule has 0 saturated heterocycles. The normalized spacial score (nSPS) is 25.8. The minimum absolute atomic E-state index is 0.773. The quantitative estimate of drug-likeness (QED) is 0.675. The lowest BCUT2D eigenvalue weighted by Gasteiger charge is -2.37. The Balaban J connectivity index is 2.49. The van der Waals surface area contributed by atoms with Crippen LogP contribution in [-0.4, -0.2) is 12.1 Å². The van der Waals surface area contributed by atoms with Gasteiger partial charge in [0.15, 0.2) is 0 Å². The molecule has 1 aliphatic rings. The molecule has 0 spiro atoms. The lowest BCUT2D eigenvalue weighted by atomic mass is 9.77. The van der Waals surface area contributed by atoms with Crippen LogP contribution in [0, 0.1) is 11.8 Å². The van der Waals surface area contributed by atoms with Gasteiger partial charge in [-0.1, -0.05) is 53.4 Å². The highest BCUT2D eigenvalue weighted by molar-refractivity contribution is 4.85. The Morgan fingerprint density at radius 2 is 1.59 bits per heavy atom. The Labute approximate surface area is 109 Å². The van der Waals surface area contributed by atoms with Crippen molar-refractivity contribution >= 4 is 0 Å². The summed E-state index contributed by atoms with van der Waals surface area (Å²) in [6.45, 7) is 9.43. The van der Waals surface area contributed by atoms with E-state index in [4.69, 9.17) is 0 Å². The van der Waals surface area contributed by atoms with Crippen molar-refractivity contribution in [3.63, 3.8) is 0 Å². The fourth-order valence-corrected chi connectivity index (χ4v) is 3.48. The van der Waals surface area contributed by atoms with Crippen LogP contribution in [0.1, 0.15) is 79.1 Å². The third-order valence-electron chi connectivity index (χ3n) is 4.40. The van der Waals surface area contributed by atoms with E-state index in [0.29, 0.717) is 0 Å². The Morgan fingerprint density at radius 1 is 1.00 bits per heavy atom. The lowest BCUT2D eigenvalue weighted by molar-refractivity contribution is 0.186. The smallest absolute Gasteiger partial charge is 0.0100 e. The third-order valence-corrected chi connectivity index (χ3v) is 4.40. The van der Waals surface area contributed by atoms with Crippen LogP contribution in [0.5, 0.6) is 0 Å². The average molecular weight is 239 g/mol. The van der Waals surface area contributed by atoms with Gasteiger partial charge >= 0.3 is 0 Å². The zero-order valence-corrected chi connectivity index (χ0v) is 12.5. The van der Waals surface area contributed by atoms with Crippen molar-refractivity contribution < 1.29 is 0 Å². The zero-order chi connectivity index (χ0) is 12.7. The van der Waals surface area contributed by atoms with Gasteiger partial charge in [0.25, 0.3) is 0 Å². The number of rotatable bonds is 7. The van der Waals surface area contributed by atoms with E-state index in [-0.39, 0.29) is 0 Å². The van der Waals surface area contributed by atoms with Gasteiger partial charge in [0.2, 0.25) is 0 Å². The molecule has 0 aliphatic heterocycles. The predicted molar refractivity (Wildman–Crippen MR) is 77.3 cm³/mol. The van der Waals surface area contributed by atoms with Crippen molar-refractivity contribution in [2.24, 2.45) is 11.8 Å². The summed E-state index contributed by atoms with van der Waals surface area (Å²) in [5.41, 5.74) is 0. The molecule has 1 nitrogen and oxygen atoms in total. The molecular formula is C16H33N. The number of hydrogen-bond acceptors (Lipinski definition) is 1. The second kappa shape index (κ2) is 8.13. The highest BCUT2D eigenvalue weighted by Crippen LogP contribution is 2.30. The van der Waals surface area contributed by atoms with Crippen LogP contribution in [0.3, 0.4) is 0 Å². The summed E-state index contributed by atoms with van der Waals surface area (Å²) in [7, 11) is 0. The van der Waals surface area contributed by atoms with Gasteiger partial charge in [-0.15, -0.1) is 0 Å². The van der Waals surface area contributed by atoms with Crippen LogP contribution in [0.2, 0.25) is 0 Å². The molecule has 0 aromatic carbocycles. The van der Waals surface area contributed by atoms with Crippen molar-refractivity contribution in [3.05, 3.63) is 0 Å². The van der Waals surface area contributed by atoms with Crippen molar-refractivity contribution in [2.45, 2.75) is 91.1 Å². The van der Waals surface area contributed by atoms with Crippen molar-refractivity contribution in [2.75, 3.05) is 0 Å². The molecule has 0 bridgehead atoms. The topological polar surface area (TPSA) is 12.0 Å². The Morgan fingerprint density at radius 3 is 2.12 bits per heavy atom. The minimum atomic E-state index is 0.773. The second-order valence-corrected chi connectivity index (χ2v) is 6.24. The van der Waals surface area contributed by atoms with Gasteiger partial charge in [-0.05, 0) is 37.5 Å². The fourth-order valence-electron chi connectivity index (χ4n) is 3.48. The molecule has 0 amide bonds. The highest BCUT2D eigenvalue weighted by atomic mass is 15.0. The molecule has 1 saturated carbocycles. The molecule has 1 aliphatic carbocycles. The molecule has 0 aromatic heterocycles. The third kappa shape index (κ3) is 4.99. The minimum Gasteiger partial charge on any atom is -0.311 e. The molecule has 1 N–H and O–H groups in total. The molecule has 17 heavy (non-hydrogen) atoms. The number of nitrogens with one attached hydrogen (secondary N) is 1. The highest BCUT2D eigenvalue weighted by Gasteiger charge is 2.28. The molecule has 0 heterocycles. The van der Waals surface area contributed by atoms with Crippen molar-refractivity contribution in [3.8, 4) is 0 Å². The standard InChI is InChI=1S/C16H33N/c1-5-9-14(10-6-2)17-16-12-8-7-11-15(16)13(3)4/h13-17H,5-12H2,1-4H3. The van der Waals surface area contributed by atoms with Crippen LogP contribution in [0.4, 0.5) is 0 Å². The van der Waals surface area contributed by atoms with E-state index >= 15 is 0 Å². The SMILES string of the molecule is CCCC(CCC)NC1CCCCC1C(C)C. The molecule has 2 unspecified atom stereocenters. The van der Waals surface area contributed by atoms with Gasteiger partial charge in [-0.2, -0.15) is 0 Å². The van der Waals surface area contributed by atoms with E-state index in [0.717, 1.165) is 23.9 Å². The van der Waals surface area contributed by atoms with E-state index in [9.17, 15) is 0 Å². The van der Waals surface area contributed by atoms with Crippen molar-refractivity contribution in [1.29, 1.82) is 0 Å². The molecular weight excluding hydrogens is 206 g/mol. The Kier molecular flexibility index (Phi) is 7.18. The van der Waals surface area contributed by atoms with Gasteiger partial charge in [-0.3, -0.25) is 0 Å². The van der Waals surface area contributed by atoms with Crippen LogP contribution in [0.25, 0.3) is 0 Å². The zero-order valence-electron chi connectivity index (χ0n) is 12.5. The monoisotopic (exact) mass is 239 g/mol. The molecule has 0 radical (unpaired) electrons. The summed E-state index contributed by atoms with van der Waals surface area (Å²) >= 11 is 0. The van der Waals surface area contributed by atoms with E-state index in [1.54, 1.807) is 0 Å². The second-order valence-electron chi connectivity index (χ2n) is 6.24. The van der Waals surface area contributed by atoms with Crippen LogP contribution in [0.15, 0.2) is 0 Å². The van der Waals surface area contributed by atoms with Crippen LogP contribution < -0.4 is 5.32 Å². The summed E-state index contributed by atoms with van der Waals surface area (Å²) in [5, 5.41) is 3.99. The first-order valence-corrected chi connectivity index (χ1v) is 7.95. The first-order chi connectivity index (χ1) is 8.19. The average Bonchev–Trinajstić information content (AvgIpc) is 2.30. The fraction of sp³-hybridized carbons (Fsp3) is 1.00. The van der Waals surface area contributed by atoms with Crippen molar-refractivity contribution in [1.82, 2.24) is 5.32 Å². The summed E-state index contributed by atoms with van der Waals surface area (Å²) in [6.07, 6.45) is 11.1. The van der Waals surface area contributed by atoms with Gasteiger partial charge < -0.3 is 5.32 Å². The molecule has 1 rings (SSSR count). The van der Waals surface area contributed by atoms with E-state index in [2.05, 4.69) is 33.0 Å². The lowest BCUT2D eigenvalue weighted by Crippen LogP contribution is -2.45. The Hall–Kier alpha value is -0.0400. The van der Waals surface area contributed by atoms with Gasteiger partial charge in [0.1, 0.15) is 0 Å². The molecule has 1 heteroatoms. The Bertz CT molecular complexity index is 182. The summed E-state index contributed by atoms with van der Waals surface area (Å²) < 4.78 is 0. The van der Waals surface area contributed by atoms with E-state index < -0.39 is 0 Å². The predicted octanol–water partition coefficient (Wildman–Crippen LogP) is 4.76. The maximum atomic E-state index is 3.99. The maximum Gasteiger partial charge on any atom is 0.0100 e. The van der Waals surface area contributed by atoms with Gasteiger partial charge in [0, 0.05) is 12.1 Å². The van der Waals surface area contributed by atoms with Crippen LogP contribution in [-0.2, 0) is 0 Å². The molecule has 0 aromatic rings. The largest absolute Gasteiger partial charge is 0.311 e. The summed E-state index contributed by atoms with van der Waals surface area (Å²) in [5.74, 6) is 1.76. The summed E-state index contributed by atoms with van der Waals surface area (Å²) in [4.78, 5) is 0. The van der Waals surface area contributed by atoms with Gasteiger partial charge in [-0.25, -0.2) is 0 Å². The molecule has 102 valence electrons. The number of hydrogen-bond donors (Lipinski definition) is 1. The van der Waals surface area contributed by atoms with Crippen LogP contribution >= 0.6 is 0 Å². The van der Waals surface area contributed by atoms with Gasteiger partial charge in [0.05, 0.1) is 0 Å². The maximum absolute atomic E-state index is 3.99.